The third kappa shape index (κ3) is 4.99. The van der Waals surface area contributed by atoms with Gasteiger partial charge in [0, 0.05) is 57.0 Å². The van der Waals surface area contributed by atoms with E-state index in [1.165, 1.54) is 0 Å². The predicted octanol–water partition coefficient (Wildman–Crippen LogP) is 2.84. The zero-order chi connectivity index (χ0) is 25.0. The number of nitrogens with one attached hydrogen (secondary N) is 1. The molecule has 1 aliphatic carbocycles. The minimum absolute atomic E-state index is 0.221. The molecule has 0 amide bonds. The van der Waals surface area contributed by atoms with Gasteiger partial charge >= 0.3 is 0 Å². The lowest BCUT2D eigenvalue weighted by Crippen LogP contribution is -2.50. The van der Waals surface area contributed by atoms with Gasteiger partial charge < -0.3 is 19.1 Å². The van der Waals surface area contributed by atoms with Crippen LogP contribution in [0.25, 0.3) is 0 Å². The van der Waals surface area contributed by atoms with Crippen molar-refractivity contribution in [2.45, 2.75) is 24.8 Å². The number of benzene rings is 1. The number of Topliss-reactive ketones (excluding diaryl/α,β-unsaturated/α-hetero) is 1. The van der Waals surface area contributed by atoms with E-state index in [4.69, 9.17) is 19.2 Å². The van der Waals surface area contributed by atoms with Crippen molar-refractivity contribution in [3.8, 4) is 11.5 Å². The number of carbonyl (C=O) groups is 1. The Balaban J connectivity index is 1.33. The predicted molar refractivity (Wildman–Crippen MR) is 139 cm³/mol. The first-order chi connectivity index (χ1) is 17.6. The minimum Gasteiger partial charge on any atom is -0.493 e. The second-order valence-corrected chi connectivity index (χ2v) is 9.46. The third-order valence-corrected chi connectivity index (χ3v) is 7.20. The van der Waals surface area contributed by atoms with Crippen molar-refractivity contribution in [2.24, 2.45) is 4.99 Å². The summed E-state index contributed by atoms with van der Waals surface area (Å²) in [6.07, 6.45) is 12.1. The molecule has 192 valence electrons. The number of hydrogen-bond donors (Lipinski definition) is 1. The molecule has 0 saturated carbocycles. The number of nitrogens with zero attached hydrogens (tertiary/aromatic N) is 4. The van der Waals surface area contributed by atoms with Crippen LogP contribution >= 0.6 is 0 Å². The van der Waals surface area contributed by atoms with Gasteiger partial charge in [0.05, 0.1) is 39.7 Å². The summed E-state index contributed by atoms with van der Waals surface area (Å²) < 4.78 is 16.3. The van der Waals surface area contributed by atoms with Crippen LogP contribution < -0.4 is 14.9 Å². The Morgan fingerprint density at radius 1 is 1.14 bits per heavy atom. The number of hydrazine groups is 1. The van der Waals surface area contributed by atoms with Gasteiger partial charge in [0.15, 0.2) is 11.5 Å². The molecule has 1 aromatic carbocycles. The summed E-state index contributed by atoms with van der Waals surface area (Å²) in [7, 11) is 3.24. The number of anilines is 1. The highest BCUT2D eigenvalue weighted by Crippen LogP contribution is 2.43. The standard InChI is InChI=1S/C27H35N5O4/c1-34-24-8-6-22(17-25(24)35-2)29-32-19-21-5-3-11-31(12-4-10-30-13-15-36-16-14-30)26-9-7-23(33)18-27(21,26)28-20-32/h3,5-6,8-9,11,17,20,29H,4,7,10,12-16,18-19H2,1-2H3. The molecular weight excluding hydrogens is 458 g/mol. The third-order valence-electron chi connectivity index (χ3n) is 7.20. The number of morpholine rings is 1. The molecule has 1 fully saturated rings. The molecule has 4 aliphatic rings. The number of carbonyl (C=O) groups excluding carboxylic acids is 1. The molecule has 1 atom stereocenters. The number of aliphatic imine (C=N–C) groups is 1. The lowest BCUT2D eigenvalue weighted by Gasteiger charge is -2.44. The summed E-state index contributed by atoms with van der Waals surface area (Å²) in [5, 5.41) is 1.94. The molecule has 3 heterocycles. The molecule has 1 saturated heterocycles. The van der Waals surface area contributed by atoms with E-state index < -0.39 is 5.54 Å². The van der Waals surface area contributed by atoms with Gasteiger partial charge in [0.25, 0.3) is 0 Å². The fourth-order valence-corrected chi connectivity index (χ4v) is 5.34. The number of ketones is 1. The summed E-state index contributed by atoms with van der Waals surface area (Å²) in [5.74, 6) is 1.55. The van der Waals surface area contributed by atoms with Gasteiger partial charge in [-0.3, -0.25) is 25.1 Å². The molecule has 0 bridgehead atoms. The fraction of sp³-hybridized carbons (Fsp3) is 0.481. The van der Waals surface area contributed by atoms with E-state index in [9.17, 15) is 4.79 Å². The average molecular weight is 494 g/mol. The highest BCUT2D eigenvalue weighted by atomic mass is 16.5. The van der Waals surface area contributed by atoms with E-state index in [2.05, 4.69) is 39.7 Å². The van der Waals surface area contributed by atoms with Crippen LogP contribution in [0.2, 0.25) is 0 Å². The minimum atomic E-state index is -0.645. The first-order valence-corrected chi connectivity index (χ1v) is 12.6. The van der Waals surface area contributed by atoms with Crippen molar-refractivity contribution >= 4 is 17.8 Å². The Morgan fingerprint density at radius 3 is 2.78 bits per heavy atom. The highest BCUT2D eigenvalue weighted by molar-refractivity contribution is 5.86. The number of methoxy groups -OCH3 is 2. The van der Waals surface area contributed by atoms with Crippen LogP contribution in [0.15, 0.2) is 58.9 Å². The monoisotopic (exact) mass is 493 g/mol. The molecular formula is C27H35N5O4. The molecule has 1 aromatic rings. The number of rotatable bonds is 8. The highest BCUT2D eigenvalue weighted by Gasteiger charge is 2.46. The van der Waals surface area contributed by atoms with E-state index >= 15 is 0 Å². The Hall–Kier alpha value is -3.30. The van der Waals surface area contributed by atoms with Crippen LogP contribution in [-0.4, -0.2) is 92.6 Å². The Kier molecular flexibility index (Phi) is 7.29. The van der Waals surface area contributed by atoms with Gasteiger partial charge in [-0.2, -0.15) is 0 Å². The number of allylic oxidation sites excluding steroid dienone is 3. The lowest BCUT2D eigenvalue weighted by atomic mass is 9.76. The molecule has 3 aliphatic heterocycles. The first-order valence-electron chi connectivity index (χ1n) is 12.6. The van der Waals surface area contributed by atoms with Crippen LogP contribution in [0.4, 0.5) is 5.69 Å². The quantitative estimate of drug-likeness (QED) is 0.593. The average Bonchev–Trinajstić information content (AvgIpc) is 3.05. The molecule has 0 radical (unpaired) electrons. The summed E-state index contributed by atoms with van der Waals surface area (Å²) in [5.41, 5.74) is 5.83. The Labute approximate surface area is 212 Å². The summed E-state index contributed by atoms with van der Waals surface area (Å²) in [6, 6.07) is 5.70. The van der Waals surface area contributed by atoms with Gasteiger partial charge in [-0.05, 0) is 30.2 Å². The van der Waals surface area contributed by atoms with E-state index in [-0.39, 0.29) is 5.78 Å². The molecule has 5 rings (SSSR count). The van der Waals surface area contributed by atoms with Gasteiger partial charge in [-0.1, -0.05) is 12.2 Å². The SMILES string of the molecule is COc1ccc(NN2C=NC34CC(=O)CC=C3N(CCCN3CCOCC3)C=CC=C4C2)cc1OC. The normalized spacial score (nSPS) is 23.9. The Bertz CT molecular complexity index is 1090. The summed E-state index contributed by atoms with van der Waals surface area (Å²) in [4.78, 5) is 22.4. The maximum Gasteiger partial charge on any atom is 0.162 e. The zero-order valence-corrected chi connectivity index (χ0v) is 21.1. The maximum atomic E-state index is 12.7. The van der Waals surface area contributed by atoms with Crippen molar-refractivity contribution in [3.63, 3.8) is 0 Å². The van der Waals surface area contributed by atoms with Crippen molar-refractivity contribution in [2.75, 3.05) is 65.6 Å². The molecule has 0 aromatic heterocycles. The van der Waals surface area contributed by atoms with E-state index in [0.717, 1.165) is 62.8 Å². The fourth-order valence-electron chi connectivity index (χ4n) is 5.34. The van der Waals surface area contributed by atoms with Crippen LogP contribution in [-0.2, 0) is 9.53 Å². The van der Waals surface area contributed by atoms with E-state index in [1.54, 1.807) is 14.2 Å². The van der Waals surface area contributed by atoms with Crippen molar-refractivity contribution in [3.05, 3.63) is 53.9 Å². The van der Waals surface area contributed by atoms with Gasteiger partial charge in [0.1, 0.15) is 17.7 Å². The smallest absolute Gasteiger partial charge is 0.162 e. The van der Waals surface area contributed by atoms with Gasteiger partial charge in [-0.15, -0.1) is 0 Å². The molecule has 9 nitrogen and oxygen atoms in total. The first kappa shape index (κ1) is 24.4. The van der Waals surface area contributed by atoms with Crippen LogP contribution in [0.1, 0.15) is 19.3 Å². The van der Waals surface area contributed by atoms with E-state index in [0.29, 0.717) is 30.9 Å². The van der Waals surface area contributed by atoms with Crippen LogP contribution in [0, 0.1) is 0 Å². The second-order valence-electron chi connectivity index (χ2n) is 9.46. The van der Waals surface area contributed by atoms with Crippen molar-refractivity contribution < 1.29 is 19.0 Å². The number of ether oxygens (including phenoxy) is 3. The topological polar surface area (TPSA) is 78.9 Å². The van der Waals surface area contributed by atoms with Gasteiger partial charge in [-0.25, -0.2) is 0 Å². The van der Waals surface area contributed by atoms with Crippen molar-refractivity contribution in [1.82, 2.24) is 14.8 Å². The summed E-state index contributed by atoms with van der Waals surface area (Å²) in [6.45, 7) is 6.16. The van der Waals surface area contributed by atoms with Crippen molar-refractivity contribution in [1.29, 1.82) is 0 Å². The van der Waals surface area contributed by atoms with Crippen LogP contribution in [0.3, 0.4) is 0 Å². The van der Waals surface area contributed by atoms with Crippen LogP contribution in [0.5, 0.6) is 11.5 Å². The maximum absolute atomic E-state index is 12.7. The lowest BCUT2D eigenvalue weighted by molar-refractivity contribution is -0.119. The summed E-state index contributed by atoms with van der Waals surface area (Å²) >= 11 is 0. The molecule has 1 spiro atoms. The number of hydrogen-bond acceptors (Lipinski definition) is 9. The second kappa shape index (κ2) is 10.8. The van der Waals surface area contributed by atoms with E-state index in [1.807, 2.05) is 29.5 Å². The zero-order valence-electron chi connectivity index (χ0n) is 21.1. The molecule has 9 heteroatoms. The molecule has 36 heavy (non-hydrogen) atoms. The largest absolute Gasteiger partial charge is 0.493 e. The Morgan fingerprint density at radius 2 is 1.97 bits per heavy atom. The molecule has 1 N–H and O–H groups in total. The van der Waals surface area contributed by atoms with Gasteiger partial charge in [0.2, 0.25) is 0 Å². The molecule has 1 unspecified atom stereocenters.